The van der Waals surface area contributed by atoms with E-state index in [1.807, 2.05) is 47.0 Å². The number of para-hydroxylation sites is 1. The number of fused-ring (bicyclic) bond motifs is 4. The van der Waals surface area contributed by atoms with Crippen LogP contribution in [0.2, 0.25) is 0 Å². The number of aromatic nitrogens is 1. The summed E-state index contributed by atoms with van der Waals surface area (Å²) in [5.41, 5.74) is 0.773. The summed E-state index contributed by atoms with van der Waals surface area (Å²) in [7, 11) is 0. The van der Waals surface area contributed by atoms with Gasteiger partial charge in [0.05, 0.1) is 28.8 Å². The number of nitrogens with zero attached hydrogens (tertiary/aromatic N) is 2. The fourth-order valence-corrected chi connectivity index (χ4v) is 5.05. The van der Waals surface area contributed by atoms with Gasteiger partial charge in [-0.15, -0.1) is 11.3 Å². The van der Waals surface area contributed by atoms with Crippen molar-refractivity contribution in [3.05, 3.63) is 69.0 Å². The van der Waals surface area contributed by atoms with Crippen molar-refractivity contribution in [2.24, 2.45) is 0 Å². The monoisotopic (exact) mass is 392 g/mol. The molecule has 1 saturated heterocycles. The fourth-order valence-electron chi connectivity index (χ4n) is 3.95. The molecule has 1 fully saturated rings. The van der Waals surface area contributed by atoms with Crippen LogP contribution in [0, 0.1) is 0 Å². The lowest BCUT2D eigenvalue weighted by Gasteiger charge is -2.27. The van der Waals surface area contributed by atoms with Gasteiger partial charge in [-0.1, -0.05) is 30.3 Å². The number of ether oxygens (including phenoxy) is 1. The summed E-state index contributed by atoms with van der Waals surface area (Å²) in [6.45, 7) is 4.76. The topological polar surface area (TPSA) is 51.5 Å². The van der Waals surface area contributed by atoms with E-state index < -0.39 is 0 Å². The van der Waals surface area contributed by atoms with E-state index in [2.05, 4.69) is 11.0 Å². The molecule has 1 aliphatic heterocycles. The molecule has 142 valence electrons. The van der Waals surface area contributed by atoms with Gasteiger partial charge < -0.3 is 9.30 Å². The molecule has 0 aliphatic carbocycles. The minimum Gasteiger partial charge on any atom is -0.379 e. The molecule has 0 atom stereocenters. The molecule has 3 aromatic carbocycles. The molecule has 28 heavy (non-hydrogen) atoms. The van der Waals surface area contributed by atoms with E-state index in [4.69, 9.17) is 4.74 Å². The molecule has 1 aromatic heterocycles. The molecule has 0 N–H and O–H groups in total. The summed E-state index contributed by atoms with van der Waals surface area (Å²) >= 11 is 1.65. The summed E-state index contributed by atoms with van der Waals surface area (Å²) in [6, 6.07) is 16.0. The van der Waals surface area contributed by atoms with Crippen LogP contribution in [0.5, 0.6) is 0 Å². The first kappa shape index (κ1) is 17.6. The smallest absolute Gasteiger partial charge is 0.250 e. The lowest BCUT2D eigenvalue weighted by Crippen LogP contribution is -2.39. The molecule has 1 aliphatic rings. The molecule has 6 heteroatoms. The zero-order chi connectivity index (χ0) is 19.1. The highest BCUT2D eigenvalue weighted by Crippen LogP contribution is 2.29. The van der Waals surface area contributed by atoms with Gasteiger partial charge in [-0.2, -0.15) is 0 Å². The number of hydrogen-bond acceptors (Lipinski definition) is 5. The number of morpholine rings is 1. The summed E-state index contributed by atoms with van der Waals surface area (Å²) in [4.78, 5) is 27.5. The molecule has 0 amide bonds. The summed E-state index contributed by atoms with van der Waals surface area (Å²) in [5, 5.41) is 1.42. The van der Waals surface area contributed by atoms with Crippen LogP contribution in [0.3, 0.4) is 0 Å². The van der Waals surface area contributed by atoms with Crippen LogP contribution in [0.1, 0.15) is 0 Å². The Labute approximate surface area is 165 Å². The van der Waals surface area contributed by atoms with Crippen LogP contribution in [-0.4, -0.2) is 42.3 Å². The Bertz CT molecular complexity index is 1300. The van der Waals surface area contributed by atoms with Gasteiger partial charge in [-0.05, 0) is 18.2 Å². The maximum atomic E-state index is 12.7. The maximum Gasteiger partial charge on any atom is 0.250 e. The average Bonchev–Trinajstić information content (AvgIpc) is 2.74. The van der Waals surface area contributed by atoms with Gasteiger partial charge in [0.25, 0.3) is 5.43 Å². The predicted octanol–water partition coefficient (Wildman–Crippen LogP) is 3.06. The third-order valence-corrected chi connectivity index (χ3v) is 6.57. The van der Waals surface area contributed by atoms with E-state index in [0.717, 1.165) is 53.2 Å². The third kappa shape index (κ3) is 2.85. The van der Waals surface area contributed by atoms with Gasteiger partial charge in [0.1, 0.15) is 5.52 Å². The second-order valence-corrected chi connectivity index (χ2v) is 8.14. The highest BCUT2D eigenvalue weighted by atomic mass is 32.1. The number of benzene rings is 2. The van der Waals surface area contributed by atoms with Gasteiger partial charge in [0.15, 0.2) is 0 Å². The molecule has 0 radical (unpaired) electrons. The molecule has 0 bridgehead atoms. The van der Waals surface area contributed by atoms with E-state index in [0.29, 0.717) is 17.4 Å². The zero-order valence-corrected chi connectivity index (χ0v) is 16.2. The van der Waals surface area contributed by atoms with Gasteiger partial charge in [-0.25, -0.2) is 0 Å². The van der Waals surface area contributed by atoms with E-state index in [9.17, 15) is 9.59 Å². The Balaban J connectivity index is 1.80. The Morgan fingerprint density at radius 3 is 2.39 bits per heavy atom. The molecular weight excluding hydrogens is 372 g/mol. The van der Waals surface area contributed by atoms with E-state index in [1.54, 1.807) is 11.3 Å². The van der Waals surface area contributed by atoms with Crippen molar-refractivity contribution < 1.29 is 4.74 Å². The summed E-state index contributed by atoms with van der Waals surface area (Å²) in [6.07, 6.45) is 0. The third-order valence-electron chi connectivity index (χ3n) is 5.43. The van der Waals surface area contributed by atoms with Crippen molar-refractivity contribution in [3.8, 4) is 0 Å². The number of hydrogen-bond donors (Lipinski definition) is 0. The molecular formula is C22H20N2O3S. The predicted molar refractivity (Wildman–Crippen MR) is 115 cm³/mol. The SMILES string of the molecule is O=c1c(=O)c2c1c1ccccc1sc1ccccc1n2CCN1CCOCC1. The normalized spacial score (nSPS) is 15.6. The van der Waals surface area contributed by atoms with E-state index >= 15 is 0 Å². The maximum absolute atomic E-state index is 12.7. The van der Waals surface area contributed by atoms with Crippen molar-refractivity contribution in [3.63, 3.8) is 0 Å². The minimum absolute atomic E-state index is 0.376. The van der Waals surface area contributed by atoms with Crippen LogP contribution >= 0.6 is 11.3 Å². The van der Waals surface area contributed by atoms with Gasteiger partial charge in [0, 0.05) is 36.3 Å². The highest BCUT2D eigenvalue weighted by Gasteiger charge is 2.20. The van der Waals surface area contributed by atoms with Crippen molar-refractivity contribution in [2.45, 2.75) is 6.54 Å². The van der Waals surface area contributed by atoms with Crippen molar-refractivity contribution in [2.75, 3.05) is 32.8 Å². The summed E-state index contributed by atoms with van der Waals surface area (Å²) in [5.74, 6) is 0. The molecule has 0 unspecified atom stereocenters. The first-order valence-electron chi connectivity index (χ1n) is 9.51. The Morgan fingerprint density at radius 2 is 1.57 bits per heavy atom. The molecule has 5 rings (SSSR count). The average molecular weight is 392 g/mol. The van der Waals surface area contributed by atoms with Crippen molar-refractivity contribution >= 4 is 42.5 Å². The van der Waals surface area contributed by atoms with E-state index in [1.165, 1.54) is 0 Å². The zero-order valence-electron chi connectivity index (χ0n) is 15.4. The Morgan fingerprint density at radius 1 is 0.857 bits per heavy atom. The molecule has 0 saturated carbocycles. The highest BCUT2D eigenvalue weighted by molar-refractivity contribution is 7.24. The lowest BCUT2D eigenvalue weighted by molar-refractivity contribution is 0.0366. The van der Waals surface area contributed by atoms with Crippen LogP contribution in [0.25, 0.3) is 31.2 Å². The van der Waals surface area contributed by atoms with Gasteiger partial charge in [-0.3, -0.25) is 14.5 Å². The molecule has 5 nitrogen and oxygen atoms in total. The number of rotatable bonds is 3. The first-order chi connectivity index (χ1) is 13.7. The standard InChI is InChI=1S/C22H20N2O3S/c25-21-19-15-5-1-3-7-17(15)28-18-8-4-2-6-16(18)24(20(19)22(21)26)10-9-23-11-13-27-14-12-23/h1-8H,9-14H2. The molecule has 2 heterocycles. The lowest BCUT2D eigenvalue weighted by atomic mass is 10.1. The molecule has 0 spiro atoms. The van der Waals surface area contributed by atoms with Gasteiger partial charge >= 0.3 is 0 Å². The Kier molecular flexibility index (Phi) is 4.47. The van der Waals surface area contributed by atoms with Crippen molar-refractivity contribution in [1.29, 1.82) is 0 Å². The van der Waals surface area contributed by atoms with Crippen LogP contribution < -0.4 is 10.9 Å². The first-order valence-corrected chi connectivity index (χ1v) is 10.3. The van der Waals surface area contributed by atoms with Crippen LogP contribution in [-0.2, 0) is 11.3 Å². The second-order valence-electron chi connectivity index (χ2n) is 7.05. The molecule has 4 aromatic rings. The quantitative estimate of drug-likeness (QED) is 0.503. The van der Waals surface area contributed by atoms with Crippen LogP contribution in [0.4, 0.5) is 0 Å². The summed E-state index contributed by atoms with van der Waals surface area (Å²) < 4.78 is 9.59. The van der Waals surface area contributed by atoms with Crippen LogP contribution in [0.15, 0.2) is 58.1 Å². The minimum atomic E-state index is -0.381. The fraction of sp³-hybridized carbons (Fsp3) is 0.273. The van der Waals surface area contributed by atoms with E-state index in [-0.39, 0.29) is 10.9 Å². The van der Waals surface area contributed by atoms with Gasteiger partial charge in [0.2, 0.25) is 5.43 Å². The second kappa shape index (κ2) is 7.13. The Hall–Kier alpha value is -2.54. The largest absolute Gasteiger partial charge is 0.379 e. The van der Waals surface area contributed by atoms with Crippen molar-refractivity contribution in [1.82, 2.24) is 9.47 Å².